The first-order valence-corrected chi connectivity index (χ1v) is 9.47. The summed E-state index contributed by atoms with van der Waals surface area (Å²) in [7, 11) is 1.26. The first-order valence-electron chi connectivity index (χ1n) is 7.86. The molecule has 0 aromatic heterocycles. The van der Waals surface area contributed by atoms with Crippen molar-refractivity contribution in [1.82, 2.24) is 4.90 Å². The number of nitro groups is 1. The fraction of sp³-hybridized carbons (Fsp3) is 0.111. The molecule has 144 valence electrons. The van der Waals surface area contributed by atoms with Gasteiger partial charge in [0, 0.05) is 16.1 Å². The van der Waals surface area contributed by atoms with Gasteiger partial charge in [-0.1, -0.05) is 34.1 Å². The number of imide groups is 1. The number of nitrogens with zero attached hydrogens (tertiary/aromatic N) is 2. The van der Waals surface area contributed by atoms with Gasteiger partial charge in [-0.2, -0.15) is 0 Å². The summed E-state index contributed by atoms with van der Waals surface area (Å²) in [5.41, 5.74) is 0.455. The Hall–Kier alpha value is -2.85. The number of benzene rings is 2. The number of phenols is 1. The molecular formula is C18H13BrN2O6S. The van der Waals surface area contributed by atoms with E-state index in [0.717, 1.165) is 27.1 Å². The fourth-order valence-corrected chi connectivity index (χ4v) is 3.80. The highest BCUT2D eigenvalue weighted by molar-refractivity contribution is 9.10. The first-order chi connectivity index (χ1) is 13.3. The van der Waals surface area contributed by atoms with E-state index in [1.54, 1.807) is 18.2 Å². The molecule has 0 radical (unpaired) electrons. The molecule has 2 aromatic carbocycles. The number of carbonyl (C=O) groups is 2. The van der Waals surface area contributed by atoms with Crippen molar-refractivity contribution in [3.8, 4) is 11.5 Å². The Morgan fingerprint density at radius 2 is 2.04 bits per heavy atom. The lowest BCUT2D eigenvalue weighted by atomic mass is 10.1. The van der Waals surface area contributed by atoms with E-state index in [1.807, 2.05) is 6.07 Å². The molecule has 8 nitrogen and oxygen atoms in total. The van der Waals surface area contributed by atoms with Crippen molar-refractivity contribution in [2.45, 2.75) is 6.54 Å². The molecule has 1 fully saturated rings. The van der Waals surface area contributed by atoms with Crippen molar-refractivity contribution < 1.29 is 24.4 Å². The highest BCUT2D eigenvalue weighted by Gasteiger charge is 2.35. The first kappa shape index (κ1) is 19.9. The summed E-state index contributed by atoms with van der Waals surface area (Å²) >= 11 is 4.08. The van der Waals surface area contributed by atoms with E-state index >= 15 is 0 Å². The summed E-state index contributed by atoms with van der Waals surface area (Å²) in [6.45, 7) is 0.0771. The Morgan fingerprint density at radius 3 is 2.68 bits per heavy atom. The van der Waals surface area contributed by atoms with E-state index in [-0.39, 0.29) is 34.2 Å². The lowest BCUT2D eigenvalue weighted by Crippen LogP contribution is -2.27. The molecule has 1 saturated heterocycles. The Balaban J connectivity index is 1.95. The SMILES string of the molecule is COc1cc([N+](=O)[O-])cc(/C=C2\SC(=O)N(Cc3ccccc3Br)C2=O)c1O. The third kappa shape index (κ3) is 3.87. The Labute approximate surface area is 172 Å². The number of rotatable bonds is 5. The van der Waals surface area contributed by atoms with Crippen LogP contribution in [0, 0.1) is 10.1 Å². The fourth-order valence-electron chi connectivity index (χ4n) is 2.56. The molecule has 2 aromatic rings. The molecule has 28 heavy (non-hydrogen) atoms. The number of hydrogen-bond donors (Lipinski definition) is 1. The van der Waals surface area contributed by atoms with Crippen molar-refractivity contribution in [3.63, 3.8) is 0 Å². The minimum atomic E-state index is -0.641. The van der Waals surface area contributed by atoms with E-state index in [1.165, 1.54) is 13.2 Å². The minimum absolute atomic E-state index is 0.0115. The predicted octanol–water partition coefficient (Wildman–Crippen LogP) is 4.31. The van der Waals surface area contributed by atoms with Gasteiger partial charge in [0.15, 0.2) is 11.5 Å². The zero-order valence-electron chi connectivity index (χ0n) is 14.4. The third-order valence-corrected chi connectivity index (χ3v) is 5.65. The molecule has 0 aliphatic carbocycles. The van der Waals surface area contributed by atoms with Gasteiger partial charge in [-0.25, -0.2) is 0 Å². The lowest BCUT2D eigenvalue weighted by Gasteiger charge is -2.13. The molecule has 0 saturated carbocycles. The molecule has 0 spiro atoms. The second-order valence-electron chi connectivity index (χ2n) is 5.70. The van der Waals surface area contributed by atoms with Gasteiger partial charge in [0.25, 0.3) is 16.8 Å². The minimum Gasteiger partial charge on any atom is -0.504 e. The molecule has 1 N–H and O–H groups in total. The summed E-state index contributed by atoms with van der Waals surface area (Å²) in [5, 5.41) is 20.8. The maximum atomic E-state index is 12.7. The van der Waals surface area contributed by atoms with Gasteiger partial charge in [-0.3, -0.25) is 24.6 Å². The number of aromatic hydroxyl groups is 1. The van der Waals surface area contributed by atoms with Crippen LogP contribution in [0.4, 0.5) is 10.5 Å². The number of thioether (sulfide) groups is 1. The molecule has 2 amide bonds. The highest BCUT2D eigenvalue weighted by atomic mass is 79.9. The number of carbonyl (C=O) groups excluding carboxylic acids is 2. The topological polar surface area (TPSA) is 110 Å². The maximum Gasteiger partial charge on any atom is 0.293 e. The van der Waals surface area contributed by atoms with Gasteiger partial charge < -0.3 is 9.84 Å². The van der Waals surface area contributed by atoms with Gasteiger partial charge in [-0.05, 0) is 29.5 Å². The molecule has 3 rings (SSSR count). The van der Waals surface area contributed by atoms with E-state index in [4.69, 9.17) is 4.74 Å². The summed E-state index contributed by atoms with van der Waals surface area (Å²) in [6.07, 6.45) is 1.25. The molecule has 1 aliphatic heterocycles. The van der Waals surface area contributed by atoms with Crippen LogP contribution in [0.25, 0.3) is 6.08 Å². The van der Waals surface area contributed by atoms with Crippen LogP contribution in [-0.2, 0) is 11.3 Å². The summed E-state index contributed by atoms with van der Waals surface area (Å²) in [5.74, 6) is -1.01. The second kappa shape index (κ2) is 8.03. The van der Waals surface area contributed by atoms with E-state index < -0.39 is 16.1 Å². The quantitative estimate of drug-likeness (QED) is 0.398. The Bertz CT molecular complexity index is 1020. The average Bonchev–Trinajstić information content (AvgIpc) is 2.92. The number of hydrogen-bond acceptors (Lipinski definition) is 7. The van der Waals surface area contributed by atoms with Crippen LogP contribution < -0.4 is 4.74 Å². The molecule has 10 heteroatoms. The van der Waals surface area contributed by atoms with Crippen LogP contribution in [0.15, 0.2) is 45.8 Å². The van der Waals surface area contributed by atoms with Crippen LogP contribution in [0.1, 0.15) is 11.1 Å². The highest BCUT2D eigenvalue weighted by Crippen LogP contribution is 2.39. The van der Waals surface area contributed by atoms with Gasteiger partial charge in [0.2, 0.25) is 0 Å². The number of non-ortho nitro benzene ring substituents is 1. The molecule has 0 unspecified atom stereocenters. The van der Waals surface area contributed by atoms with Crippen molar-refractivity contribution in [2.75, 3.05) is 7.11 Å². The largest absolute Gasteiger partial charge is 0.504 e. The standard InChI is InChI=1S/C18H13BrN2O6S/c1-27-14-8-12(21(25)26)6-11(16(14)22)7-15-17(23)20(18(24)28-15)9-10-4-2-3-5-13(10)19/h2-8,22H,9H2,1H3/b15-7-. The Kier molecular flexibility index (Phi) is 5.71. The zero-order valence-corrected chi connectivity index (χ0v) is 16.8. The molecule has 1 heterocycles. The van der Waals surface area contributed by atoms with Crippen molar-refractivity contribution in [1.29, 1.82) is 0 Å². The summed E-state index contributed by atoms with van der Waals surface area (Å²) in [4.78, 5) is 36.5. The lowest BCUT2D eigenvalue weighted by molar-refractivity contribution is -0.385. The van der Waals surface area contributed by atoms with Crippen LogP contribution in [-0.4, -0.2) is 33.2 Å². The smallest absolute Gasteiger partial charge is 0.293 e. The van der Waals surface area contributed by atoms with Gasteiger partial charge in [0.1, 0.15) is 0 Å². The maximum absolute atomic E-state index is 12.7. The number of halogens is 1. The van der Waals surface area contributed by atoms with Crippen LogP contribution >= 0.6 is 27.7 Å². The van der Waals surface area contributed by atoms with Crippen LogP contribution in [0.5, 0.6) is 11.5 Å². The van der Waals surface area contributed by atoms with Gasteiger partial charge >= 0.3 is 0 Å². The summed E-state index contributed by atoms with van der Waals surface area (Å²) in [6, 6.07) is 9.39. The number of ether oxygens (including phenoxy) is 1. The number of nitro benzene ring substituents is 1. The molecule has 0 bridgehead atoms. The van der Waals surface area contributed by atoms with Gasteiger partial charge in [-0.15, -0.1) is 0 Å². The van der Waals surface area contributed by atoms with Crippen molar-refractivity contribution in [3.05, 3.63) is 67.0 Å². The normalized spacial score (nSPS) is 15.4. The monoisotopic (exact) mass is 464 g/mol. The number of methoxy groups -OCH3 is 1. The van der Waals surface area contributed by atoms with Crippen molar-refractivity contribution in [2.24, 2.45) is 0 Å². The molecule has 1 aliphatic rings. The third-order valence-electron chi connectivity index (χ3n) is 3.97. The van der Waals surface area contributed by atoms with Crippen LogP contribution in [0.2, 0.25) is 0 Å². The predicted molar refractivity (Wildman–Crippen MR) is 107 cm³/mol. The van der Waals surface area contributed by atoms with Crippen LogP contribution in [0.3, 0.4) is 0 Å². The van der Waals surface area contributed by atoms with Gasteiger partial charge in [0.05, 0.1) is 29.5 Å². The summed E-state index contributed by atoms with van der Waals surface area (Å²) < 4.78 is 5.71. The molecule has 0 atom stereocenters. The number of amides is 2. The van der Waals surface area contributed by atoms with E-state index in [9.17, 15) is 24.8 Å². The molecular weight excluding hydrogens is 452 g/mol. The van der Waals surface area contributed by atoms with E-state index in [2.05, 4.69) is 15.9 Å². The average molecular weight is 465 g/mol. The van der Waals surface area contributed by atoms with E-state index in [0.29, 0.717) is 11.8 Å². The second-order valence-corrected chi connectivity index (χ2v) is 7.55. The zero-order chi connectivity index (χ0) is 20.4. The number of phenolic OH excluding ortho intramolecular Hbond substituents is 1. The van der Waals surface area contributed by atoms with Crippen molar-refractivity contribution >= 4 is 50.6 Å². The Morgan fingerprint density at radius 1 is 1.32 bits per heavy atom.